The van der Waals surface area contributed by atoms with E-state index < -0.39 is 17.6 Å². The van der Waals surface area contributed by atoms with Crippen molar-refractivity contribution in [2.24, 2.45) is 0 Å². The molecule has 1 saturated heterocycles. The van der Waals surface area contributed by atoms with Crippen molar-refractivity contribution in [3.8, 4) is 17.2 Å². The number of fused-ring (bicyclic) bond motifs is 1. The molecule has 0 atom stereocenters. The number of hydrogen-bond acceptors (Lipinski definition) is 7. The molecule has 5 rings (SSSR count). The minimum absolute atomic E-state index is 0.0747. The fraction of sp³-hybridized carbons (Fsp3) is 0.357. The number of halogens is 3. The van der Waals surface area contributed by atoms with Crippen molar-refractivity contribution >= 4 is 23.1 Å². The van der Waals surface area contributed by atoms with Crippen molar-refractivity contribution in [1.29, 1.82) is 0 Å². The molecule has 206 valence electrons. The molecule has 2 aromatic carbocycles. The Hall–Kier alpha value is -3.99. The average Bonchev–Trinajstić information content (AvgIpc) is 3.16. The summed E-state index contributed by atoms with van der Waals surface area (Å²) in [5.41, 5.74) is 0.705. The summed E-state index contributed by atoms with van der Waals surface area (Å²) in [6, 6.07) is 10.3. The van der Waals surface area contributed by atoms with Crippen LogP contribution in [0.5, 0.6) is 17.2 Å². The van der Waals surface area contributed by atoms with Crippen LogP contribution in [0.4, 0.5) is 30.4 Å². The molecule has 0 aliphatic carbocycles. The van der Waals surface area contributed by atoms with E-state index in [1.54, 1.807) is 36.5 Å². The van der Waals surface area contributed by atoms with Crippen LogP contribution in [-0.2, 0) is 6.18 Å². The molecule has 39 heavy (non-hydrogen) atoms. The lowest BCUT2D eigenvalue weighted by atomic mass is 10.1. The number of aryl methyl sites for hydroxylation is 1. The number of pyridine rings is 1. The number of ether oxygens (including phenoxy) is 2. The van der Waals surface area contributed by atoms with E-state index >= 15 is 0 Å². The normalized spacial score (nSPS) is 16.0. The predicted molar refractivity (Wildman–Crippen MR) is 143 cm³/mol. The number of benzene rings is 2. The van der Waals surface area contributed by atoms with Crippen molar-refractivity contribution in [3.05, 3.63) is 65.4 Å². The second kappa shape index (κ2) is 11.0. The van der Waals surface area contributed by atoms with Gasteiger partial charge in [0.2, 0.25) is 5.75 Å². The number of hydrogen-bond donors (Lipinski definition) is 2. The zero-order valence-electron chi connectivity index (χ0n) is 21.8. The highest BCUT2D eigenvalue weighted by atomic mass is 19.4. The molecule has 3 heterocycles. The number of aromatic nitrogens is 1. The number of nitrogens with zero attached hydrogens (tertiary/aromatic N) is 3. The van der Waals surface area contributed by atoms with E-state index in [-0.39, 0.29) is 11.3 Å². The molecule has 0 saturated carbocycles. The van der Waals surface area contributed by atoms with E-state index in [1.165, 1.54) is 0 Å². The molecular weight excluding hydrogens is 511 g/mol. The molecule has 11 heteroatoms. The first-order valence-electron chi connectivity index (χ1n) is 12.8. The number of nitrogens with one attached hydrogen (secondary N) is 2. The largest absolute Gasteiger partial charge is 0.486 e. The third kappa shape index (κ3) is 6.19. The Morgan fingerprint density at radius 2 is 1.87 bits per heavy atom. The number of piperazine rings is 1. The Bertz CT molecular complexity index is 1360. The van der Waals surface area contributed by atoms with Gasteiger partial charge in [-0.1, -0.05) is 6.07 Å². The molecule has 1 fully saturated rings. The van der Waals surface area contributed by atoms with E-state index in [0.717, 1.165) is 43.8 Å². The van der Waals surface area contributed by atoms with Crippen LogP contribution in [-0.4, -0.2) is 62.2 Å². The molecule has 0 radical (unpaired) electrons. The molecule has 1 aromatic heterocycles. The quantitative estimate of drug-likeness (QED) is 0.448. The zero-order chi connectivity index (χ0) is 27.6. The van der Waals surface area contributed by atoms with E-state index in [4.69, 9.17) is 9.47 Å². The van der Waals surface area contributed by atoms with Crippen LogP contribution < -0.4 is 25.0 Å². The molecule has 8 nitrogen and oxygen atoms in total. The number of alkyl halides is 3. The number of carbonyl (C=O) groups excluding carboxylic acids is 1. The summed E-state index contributed by atoms with van der Waals surface area (Å²) in [6.45, 7) is 5.76. The predicted octanol–water partition coefficient (Wildman–Crippen LogP) is 5.40. The van der Waals surface area contributed by atoms with Gasteiger partial charge in [-0.3, -0.25) is 4.79 Å². The summed E-state index contributed by atoms with van der Waals surface area (Å²) >= 11 is 0. The monoisotopic (exact) mass is 541 g/mol. The highest BCUT2D eigenvalue weighted by Gasteiger charge is 2.32. The molecule has 1 amide bonds. The van der Waals surface area contributed by atoms with Gasteiger partial charge in [-0.25, -0.2) is 4.98 Å². The summed E-state index contributed by atoms with van der Waals surface area (Å²) in [7, 11) is 1.98. The van der Waals surface area contributed by atoms with Crippen LogP contribution in [0.15, 0.2) is 48.7 Å². The second-order valence-electron chi connectivity index (χ2n) is 9.71. The SMILES string of the molecule is Cc1ccc(C(=O)Nc2cc(N3CCN(C)CC3)cc(C(F)(F)F)c2)cc1Oc1ccnc2c1OCCCN2. The van der Waals surface area contributed by atoms with Crippen molar-refractivity contribution < 1.29 is 27.4 Å². The minimum atomic E-state index is -4.55. The van der Waals surface area contributed by atoms with Crippen LogP contribution in [0.2, 0.25) is 0 Å². The molecule has 0 unspecified atom stereocenters. The Morgan fingerprint density at radius 1 is 1.08 bits per heavy atom. The topological polar surface area (TPSA) is 79.0 Å². The van der Waals surface area contributed by atoms with Gasteiger partial charge in [0.1, 0.15) is 5.75 Å². The van der Waals surface area contributed by atoms with Crippen LogP contribution in [0.25, 0.3) is 0 Å². The lowest BCUT2D eigenvalue weighted by Crippen LogP contribution is -2.44. The highest BCUT2D eigenvalue weighted by Crippen LogP contribution is 2.39. The molecule has 0 spiro atoms. The Kier molecular flexibility index (Phi) is 7.51. The van der Waals surface area contributed by atoms with E-state index in [1.807, 2.05) is 18.9 Å². The summed E-state index contributed by atoms with van der Waals surface area (Å²) in [5, 5.41) is 5.85. The van der Waals surface area contributed by atoms with Gasteiger partial charge < -0.3 is 29.9 Å². The number of rotatable bonds is 5. The summed E-state index contributed by atoms with van der Waals surface area (Å²) in [5.74, 6) is 1.40. The minimum Gasteiger partial charge on any atom is -0.486 e. The molecule has 2 N–H and O–H groups in total. The molecule has 2 aliphatic rings. The van der Waals surface area contributed by atoms with Gasteiger partial charge in [-0.15, -0.1) is 0 Å². The molecule has 0 bridgehead atoms. The second-order valence-corrected chi connectivity index (χ2v) is 9.71. The lowest BCUT2D eigenvalue weighted by molar-refractivity contribution is -0.137. The number of carbonyl (C=O) groups is 1. The summed E-state index contributed by atoms with van der Waals surface area (Å²) in [6.07, 6.45) is -2.13. The van der Waals surface area contributed by atoms with Crippen molar-refractivity contribution in [2.45, 2.75) is 19.5 Å². The maximum Gasteiger partial charge on any atom is 0.416 e. The summed E-state index contributed by atoms with van der Waals surface area (Å²) < 4.78 is 53.1. The van der Waals surface area contributed by atoms with Gasteiger partial charge in [-0.2, -0.15) is 13.2 Å². The molecule has 3 aromatic rings. The Labute approximate surface area is 224 Å². The number of amides is 1. The smallest absolute Gasteiger partial charge is 0.416 e. The third-order valence-corrected chi connectivity index (χ3v) is 6.77. The molecular formula is C28H30F3N5O3. The van der Waals surface area contributed by atoms with Gasteiger partial charge in [0.25, 0.3) is 5.91 Å². The van der Waals surface area contributed by atoms with E-state index in [0.29, 0.717) is 48.5 Å². The maximum absolute atomic E-state index is 13.7. The lowest BCUT2D eigenvalue weighted by Gasteiger charge is -2.34. The first-order valence-corrected chi connectivity index (χ1v) is 12.8. The number of anilines is 3. The van der Waals surface area contributed by atoms with Crippen molar-refractivity contribution in [2.75, 3.05) is 61.9 Å². The average molecular weight is 542 g/mol. The first-order chi connectivity index (χ1) is 18.7. The zero-order valence-corrected chi connectivity index (χ0v) is 21.8. The molecule has 2 aliphatic heterocycles. The van der Waals surface area contributed by atoms with Crippen LogP contribution in [0.1, 0.15) is 27.9 Å². The fourth-order valence-corrected chi connectivity index (χ4v) is 4.50. The van der Waals surface area contributed by atoms with Gasteiger partial charge in [0, 0.05) is 61.9 Å². The van der Waals surface area contributed by atoms with Crippen molar-refractivity contribution in [3.63, 3.8) is 0 Å². The van der Waals surface area contributed by atoms with Crippen molar-refractivity contribution in [1.82, 2.24) is 9.88 Å². The number of likely N-dealkylation sites (N-methyl/N-ethyl adjacent to an activating group) is 1. The van der Waals surface area contributed by atoms with E-state index in [2.05, 4.69) is 20.5 Å². The fourth-order valence-electron chi connectivity index (χ4n) is 4.50. The van der Waals surface area contributed by atoms with E-state index in [9.17, 15) is 18.0 Å². The Morgan fingerprint density at radius 3 is 2.64 bits per heavy atom. The van der Waals surface area contributed by atoms with Gasteiger partial charge in [0.15, 0.2) is 11.6 Å². The van der Waals surface area contributed by atoms with Crippen LogP contribution in [0.3, 0.4) is 0 Å². The van der Waals surface area contributed by atoms with Gasteiger partial charge in [0.05, 0.1) is 12.2 Å². The van der Waals surface area contributed by atoms with Gasteiger partial charge >= 0.3 is 6.18 Å². The summed E-state index contributed by atoms with van der Waals surface area (Å²) in [4.78, 5) is 21.5. The maximum atomic E-state index is 13.7. The van der Waals surface area contributed by atoms with Crippen LogP contribution >= 0.6 is 0 Å². The van der Waals surface area contributed by atoms with Gasteiger partial charge in [-0.05, 0) is 56.3 Å². The first kappa shape index (κ1) is 26.6. The standard InChI is InChI=1S/C28H30F3N5O3/c1-18-4-5-19(14-24(18)39-23-6-8-33-26-25(23)38-13-3-7-32-26)27(37)34-21-15-20(28(29,30)31)16-22(17-21)36-11-9-35(2)10-12-36/h4-6,8,14-17H,3,7,9-13H2,1-2H3,(H,32,33)(H,34,37). The highest BCUT2D eigenvalue weighted by molar-refractivity contribution is 6.05. The third-order valence-electron chi connectivity index (χ3n) is 6.77. The van der Waals surface area contributed by atoms with Crippen LogP contribution in [0, 0.1) is 6.92 Å². The Balaban J connectivity index is 1.39.